The number of nitrogens with zero attached hydrogens (tertiary/aromatic N) is 1. The first-order chi connectivity index (χ1) is 16.1. The Morgan fingerprint density at radius 1 is 1.18 bits per heavy atom. The van der Waals surface area contributed by atoms with E-state index in [2.05, 4.69) is 21.2 Å². The quantitative estimate of drug-likeness (QED) is 0.256. The minimum absolute atomic E-state index is 0.192. The molecular formula is C23H24N4O3S3. The fourth-order valence-corrected chi connectivity index (χ4v) is 4.66. The van der Waals surface area contributed by atoms with E-state index in [0.717, 1.165) is 40.5 Å². The van der Waals surface area contributed by atoms with Gasteiger partial charge in [0.1, 0.15) is 6.29 Å². The van der Waals surface area contributed by atoms with Crippen LogP contribution in [0, 0.1) is 0 Å². The van der Waals surface area contributed by atoms with Crippen molar-refractivity contribution in [3.05, 3.63) is 71.2 Å². The molecule has 0 bridgehead atoms. The van der Waals surface area contributed by atoms with Crippen LogP contribution in [-0.2, 0) is 10.5 Å². The van der Waals surface area contributed by atoms with Gasteiger partial charge in [-0.05, 0) is 47.3 Å². The van der Waals surface area contributed by atoms with E-state index < -0.39 is 6.04 Å². The summed E-state index contributed by atoms with van der Waals surface area (Å²) in [6, 6.07) is 14.6. The summed E-state index contributed by atoms with van der Waals surface area (Å²) in [6.45, 7) is 0. The molecule has 0 radical (unpaired) electrons. The average molecular weight is 501 g/mol. The standard InChI is InChI=1S/C23H24N4O3S3/c1-31-11-9-18(14-28)26-27-21(29)19-8-7-16(13-20(19)17-5-3-2-4-6-17)15-33-23(30)25-22-24-10-12-32-22/h2-8,10,12-14,18,26H,9,11,15H2,1H3,(H,27,29)(H,24,25,30). The number of thioether (sulfide) groups is 2. The van der Waals surface area contributed by atoms with Crippen molar-refractivity contribution in [2.45, 2.75) is 18.2 Å². The molecule has 3 N–H and O–H groups in total. The highest BCUT2D eigenvalue weighted by Gasteiger charge is 2.16. The third-order valence-corrected chi connectivity index (χ3v) is 6.77. The number of aromatic nitrogens is 1. The van der Waals surface area contributed by atoms with Crippen LogP contribution in [0.2, 0.25) is 0 Å². The van der Waals surface area contributed by atoms with Crippen LogP contribution in [0.5, 0.6) is 0 Å². The van der Waals surface area contributed by atoms with Crippen molar-refractivity contribution in [1.29, 1.82) is 0 Å². The smallest absolute Gasteiger partial charge is 0.285 e. The summed E-state index contributed by atoms with van der Waals surface area (Å²) in [6.07, 6.45) is 5.02. The van der Waals surface area contributed by atoms with Crippen molar-refractivity contribution in [3.63, 3.8) is 0 Å². The van der Waals surface area contributed by atoms with Gasteiger partial charge in [-0.25, -0.2) is 10.4 Å². The largest absolute Gasteiger partial charge is 0.302 e. The summed E-state index contributed by atoms with van der Waals surface area (Å²) in [5, 5.41) is 4.91. The van der Waals surface area contributed by atoms with E-state index in [1.54, 1.807) is 29.4 Å². The second-order valence-electron chi connectivity index (χ2n) is 6.91. The van der Waals surface area contributed by atoms with E-state index >= 15 is 0 Å². The number of carbonyl (C=O) groups is 3. The van der Waals surface area contributed by atoms with E-state index in [4.69, 9.17) is 0 Å². The van der Waals surface area contributed by atoms with Crippen molar-refractivity contribution in [2.75, 3.05) is 17.3 Å². The van der Waals surface area contributed by atoms with Crippen molar-refractivity contribution in [1.82, 2.24) is 15.8 Å². The Hall–Kier alpha value is -2.66. The van der Waals surface area contributed by atoms with E-state index in [0.29, 0.717) is 22.9 Å². The number of carbonyl (C=O) groups excluding carboxylic acids is 3. The lowest BCUT2D eigenvalue weighted by Gasteiger charge is -2.16. The van der Waals surface area contributed by atoms with Gasteiger partial charge in [0, 0.05) is 22.9 Å². The van der Waals surface area contributed by atoms with E-state index in [9.17, 15) is 14.4 Å². The lowest BCUT2D eigenvalue weighted by molar-refractivity contribution is -0.109. The molecule has 2 aromatic carbocycles. The highest BCUT2D eigenvalue weighted by Crippen LogP contribution is 2.27. The maximum atomic E-state index is 12.9. The van der Waals surface area contributed by atoms with E-state index in [1.807, 2.05) is 48.7 Å². The first-order valence-corrected chi connectivity index (χ1v) is 13.4. The molecule has 0 fully saturated rings. The second kappa shape index (κ2) is 13.1. The molecule has 0 aliphatic carbocycles. The number of anilines is 1. The maximum Gasteiger partial charge on any atom is 0.285 e. The van der Waals surface area contributed by atoms with Gasteiger partial charge in [-0.15, -0.1) is 11.3 Å². The molecule has 172 valence electrons. The Balaban J connectivity index is 1.72. The number of rotatable bonds is 11. The molecule has 0 spiro atoms. The topological polar surface area (TPSA) is 100 Å². The molecule has 10 heteroatoms. The summed E-state index contributed by atoms with van der Waals surface area (Å²) in [5.41, 5.74) is 8.49. The molecular weight excluding hydrogens is 476 g/mol. The van der Waals surface area contributed by atoms with Gasteiger partial charge in [-0.3, -0.25) is 20.3 Å². The monoisotopic (exact) mass is 500 g/mol. The first kappa shape index (κ1) is 25.0. The molecule has 1 aromatic heterocycles. The minimum Gasteiger partial charge on any atom is -0.302 e. The third kappa shape index (κ3) is 7.71. The molecule has 3 rings (SSSR count). The zero-order valence-corrected chi connectivity index (χ0v) is 20.4. The molecule has 1 unspecified atom stereocenters. The number of hydrogen-bond acceptors (Lipinski definition) is 8. The normalized spacial score (nSPS) is 11.5. The zero-order chi connectivity index (χ0) is 23.5. The summed E-state index contributed by atoms with van der Waals surface area (Å²) >= 11 is 4.13. The van der Waals surface area contributed by atoms with Gasteiger partial charge in [0.2, 0.25) is 0 Å². The number of nitrogens with one attached hydrogen (secondary N) is 3. The number of amides is 2. The Morgan fingerprint density at radius 3 is 2.70 bits per heavy atom. The average Bonchev–Trinajstić information content (AvgIpc) is 3.36. The number of hydrazine groups is 1. The Bertz CT molecular complexity index is 1060. The van der Waals surface area contributed by atoms with Crippen LogP contribution in [0.3, 0.4) is 0 Å². The van der Waals surface area contributed by atoms with Crippen LogP contribution in [0.4, 0.5) is 9.93 Å². The second-order valence-corrected chi connectivity index (χ2v) is 9.74. The molecule has 1 atom stereocenters. The molecule has 33 heavy (non-hydrogen) atoms. The van der Waals surface area contributed by atoms with Gasteiger partial charge in [0.05, 0.1) is 6.04 Å². The third-order valence-electron chi connectivity index (χ3n) is 4.59. The fourth-order valence-electron chi connectivity index (χ4n) is 2.94. The molecule has 1 heterocycles. The highest BCUT2D eigenvalue weighted by molar-refractivity contribution is 8.13. The Labute approximate surface area is 205 Å². The van der Waals surface area contributed by atoms with Crippen LogP contribution in [0.25, 0.3) is 11.1 Å². The lowest BCUT2D eigenvalue weighted by atomic mass is 9.97. The molecule has 7 nitrogen and oxygen atoms in total. The van der Waals surface area contributed by atoms with Crippen molar-refractivity contribution in [2.24, 2.45) is 0 Å². The fraction of sp³-hybridized carbons (Fsp3) is 0.217. The molecule has 0 aliphatic heterocycles. The number of hydrogen-bond donors (Lipinski definition) is 3. The zero-order valence-electron chi connectivity index (χ0n) is 17.9. The van der Waals surface area contributed by atoms with Gasteiger partial charge in [-0.2, -0.15) is 11.8 Å². The SMILES string of the molecule is CSCCC(C=O)NNC(=O)c1ccc(CSC(=O)Nc2nccs2)cc1-c1ccccc1. The predicted octanol–water partition coefficient (Wildman–Crippen LogP) is 4.83. The van der Waals surface area contributed by atoms with Gasteiger partial charge in [0.25, 0.3) is 11.1 Å². The van der Waals surface area contributed by atoms with Crippen LogP contribution in [-0.4, -0.2) is 40.5 Å². The lowest BCUT2D eigenvalue weighted by Crippen LogP contribution is -2.45. The van der Waals surface area contributed by atoms with Gasteiger partial charge in [-0.1, -0.05) is 48.2 Å². The van der Waals surface area contributed by atoms with Crippen LogP contribution < -0.4 is 16.2 Å². The van der Waals surface area contributed by atoms with Crippen molar-refractivity contribution < 1.29 is 14.4 Å². The first-order valence-electron chi connectivity index (χ1n) is 10.1. The highest BCUT2D eigenvalue weighted by atomic mass is 32.2. The van der Waals surface area contributed by atoms with Crippen molar-refractivity contribution in [3.8, 4) is 11.1 Å². The molecule has 0 aliphatic rings. The number of thiazole rings is 1. The van der Waals surface area contributed by atoms with Crippen LogP contribution in [0.15, 0.2) is 60.1 Å². The van der Waals surface area contributed by atoms with E-state index in [-0.39, 0.29) is 11.1 Å². The summed E-state index contributed by atoms with van der Waals surface area (Å²) in [7, 11) is 0. The Morgan fingerprint density at radius 2 is 2.00 bits per heavy atom. The number of aldehydes is 1. The molecule has 0 saturated carbocycles. The number of benzene rings is 2. The summed E-state index contributed by atoms with van der Waals surface area (Å²) in [4.78, 5) is 40.4. The van der Waals surface area contributed by atoms with Crippen LogP contribution >= 0.6 is 34.9 Å². The van der Waals surface area contributed by atoms with Crippen LogP contribution in [0.1, 0.15) is 22.3 Å². The predicted molar refractivity (Wildman–Crippen MR) is 138 cm³/mol. The van der Waals surface area contributed by atoms with Gasteiger partial charge < -0.3 is 4.79 Å². The van der Waals surface area contributed by atoms with Crippen molar-refractivity contribution >= 4 is 57.4 Å². The maximum absolute atomic E-state index is 12.9. The summed E-state index contributed by atoms with van der Waals surface area (Å²) in [5.74, 6) is 0.925. The molecule has 3 aromatic rings. The Kier molecular flexibility index (Phi) is 9.95. The molecule has 0 saturated heterocycles. The summed E-state index contributed by atoms with van der Waals surface area (Å²) < 4.78 is 0. The van der Waals surface area contributed by atoms with E-state index in [1.165, 1.54) is 11.3 Å². The minimum atomic E-state index is -0.450. The molecule has 2 amide bonds. The van der Waals surface area contributed by atoms with Gasteiger partial charge >= 0.3 is 0 Å². The van der Waals surface area contributed by atoms with Gasteiger partial charge in [0.15, 0.2) is 5.13 Å².